The van der Waals surface area contributed by atoms with Crippen molar-refractivity contribution in [3.05, 3.63) is 28.7 Å². The highest BCUT2D eigenvalue weighted by molar-refractivity contribution is 6.18. The quantitative estimate of drug-likeness (QED) is 0.441. The zero-order valence-corrected chi connectivity index (χ0v) is 10.3. The van der Waals surface area contributed by atoms with E-state index >= 15 is 0 Å². The van der Waals surface area contributed by atoms with Gasteiger partial charge < -0.3 is 11.1 Å². The Hall–Kier alpha value is -1.80. The highest BCUT2D eigenvalue weighted by Gasteiger charge is 2.12. The molecule has 0 atom stereocenters. The standard InChI is InChI=1S/C9H13ClN6O2/c10-1-2-16(15-18)9(17)14-6-8-12-4-7(3-11)5-13-8/h4-5H,1-3,6,11H2,(H,14,17). The monoisotopic (exact) mass is 272 g/mol. The lowest BCUT2D eigenvalue weighted by molar-refractivity contribution is 0.201. The molecule has 2 amide bonds. The van der Waals surface area contributed by atoms with Crippen LogP contribution in [0.1, 0.15) is 11.4 Å². The van der Waals surface area contributed by atoms with Gasteiger partial charge in [-0.05, 0) is 0 Å². The number of carbonyl (C=O) groups is 1. The topological polar surface area (TPSA) is 114 Å². The SMILES string of the molecule is NCc1cnc(CNC(=O)N(CCCl)N=O)nc1. The van der Waals surface area contributed by atoms with Crippen LogP contribution in [0, 0.1) is 4.91 Å². The van der Waals surface area contributed by atoms with Crippen molar-refractivity contribution in [2.75, 3.05) is 12.4 Å². The van der Waals surface area contributed by atoms with Crippen molar-refractivity contribution < 1.29 is 4.79 Å². The van der Waals surface area contributed by atoms with Gasteiger partial charge in [-0.1, -0.05) is 0 Å². The summed E-state index contributed by atoms with van der Waals surface area (Å²) in [4.78, 5) is 29.8. The molecule has 1 aromatic heterocycles. The molecule has 0 spiro atoms. The maximum absolute atomic E-state index is 11.4. The van der Waals surface area contributed by atoms with E-state index in [4.69, 9.17) is 17.3 Å². The fourth-order valence-corrected chi connectivity index (χ4v) is 1.24. The number of hydrogen-bond donors (Lipinski definition) is 2. The highest BCUT2D eigenvalue weighted by Crippen LogP contribution is 1.96. The molecular weight excluding hydrogens is 260 g/mol. The molecule has 0 aliphatic heterocycles. The molecule has 98 valence electrons. The van der Waals surface area contributed by atoms with E-state index in [-0.39, 0.29) is 19.0 Å². The number of nitrogens with one attached hydrogen (secondary N) is 1. The second-order valence-electron chi connectivity index (χ2n) is 3.26. The molecule has 3 N–H and O–H groups in total. The Balaban J connectivity index is 2.48. The number of carbonyl (C=O) groups excluding carboxylic acids is 1. The first-order valence-electron chi connectivity index (χ1n) is 5.15. The molecule has 1 heterocycles. The minimum atomic E-state index is -0.642. The normalized spacial score (nSPS) is 9.89. The molecule has 0 aliphatic rings. The lowest BCUT2D eigenvalue weighted by Crippen LogP contribution is -2.37. The Bertz CT molecular complexity index is 399. The van der Waals surface area contributed by atoms with Crippen molar-refractivity contribution in [2.45, 2.75) is 13.1 Å². The van der Waals surface area contributed by atoms with E-state index in [1.807, 2.05) is 0 Å². The molecule has 0 unspecified atom stereocenters. The van der Waals surface area contributed by atoms with Gasteiger partial charge in [-0.2, -0.15) is 5.01 Å². The minimum absolute atomic E-state index is 0.0455. The summed E-state index contributed by atoms with van der Waals surface area (Å²) in [7, 11) is 0. The molecule has 0 aliphatic carbocycles. The fraction of sp³-hybridized carbons (Fsp3) is 0.444. The molecule has 0 aromatic carbocycles. The molecule has 0 bridgehead atoms. The Morgan fingerprint density at radius 2 is 2.17 bits per heavy atom. The van der Waals surface area contributed by atoms with Crippen LogP contribution in [0.25, 0.3) is 0 Å². The number of rotatable bonds is 6. The molecule has 18 heavy (non-hydrogen) atoms. The van der Waals surface area contributed by atoms with Crippen molar-refractivity contribution in [3.8, 4) is 0 Å². The molecule has 9 heteroatoms. The molecule has 0 saturated heterocycles. The van der Waals surface area contributed by atoms with Crippen LogP contribution in [0.5, 0.6) is 0 Å². The van der Waals surface area contributed by atoms with E-state index in [9.17, 15) is 9.70 Å². The van der Waals surface area contributed by atoms with Gasteiger partial charge in [-0.15, -0.1) is 16.5 Å². The van der Waals surface area contributed by atoms with Crippen LogP contribution in [0.15, 0.2) is 17.7 Å². The van der Waals surface area contributed by atoms with E-state index in [1.54, 1.807) is 12.4 Å². The summed E-state index contributed by atoms with van der Waals surface area (Å²) in [6.45, 7) is 0.493. The highest BCUT2D eigenvalue weighted by atomic mass is 35.5. The van der Waals surface area contributed by atoms with Gasteiger partial charge in [0.2, 0.25) is 0 Å². The zero-order chi connectivity index (χ0) is 13.4. The zero-order valence-electron chi connectivity index (χ0n) is 9.54. The van der Waals surface area contributed by atoms with Crippen molar-refractivity contribution in [3.63, 3.8) is 0 Å². The number of hydrogen-bond acceptors (Lipinski definition) is 6. The largest absolute Gasteiger partial charge is 0.340 e. The fourth-order valence-electron chi connectivity index (χ4n) is 1.08. The van der Waals surface area contributed by atoms with E-state index in [1.165, 1.54) is 0 Å². The van der Waals surface area contributed by atoms with Gasteiger partial charge in [0.05, 0.1) is 18.4 Å². The number of alkyl halides is 1. The number of nitroso groups, excluding NO2 is 1. The van der Waals surface area contributed by atoms with Crippen LogP contribution in [0.2, 0.25) is 0 Å². The van der Waals surface area contributed by atoms with Crippen molar-refractivity contribution in [1.82, 2.24) is 20.3 Å². The number of aromatic nitrogens is 2. The van der Waals surface area contributed by atoms with Gasteiger partial charge in [-0.3, -0.25) is 0 Å². The number of urea groups is 1. The Morgan fingerprint density at radius 1 is 1.50 bits per heavy atom. The smallest absolute Gasteiger partial charge is 0.329 e. The first-order valence-corrected chi connectivity index (χ1v) is 5.69. The van der Waals surface area contributed by atoms with E-state index < -0.39 is 6.03 Å². The van der Waals surface area contributed by atoms with Crippen LogP contribution in [-0.2, 0) is 13.1 Å². The molecule has 0 radical (unpaired) electrons. The van der Waals surface area contributed by atoms with E-state index in [2.05, 4.69) is 20.6 Å². The van der Waals surface area contributed by atoms with Crippen LogP contribution in [0.4, 0.5) is 4.79 Å². The first-order chi connectivity index (χ1) is 8.71. The number of nitrogens with zero attached hydrogens (tertiary/aromatic N) is 4. The van der Waals surface area contributed by atoms with Gasteiger partial charge >= 0.3 is 6.03 Å². The Morgan fingerprint density at radius 3 is 2.67 bits per heavy atom. The van der Waals surface area contributed by atoms with Gasteiger partial charge in [0.15, 0.2) is 0 Å². The summed E-state index contributed by atoms with van der Waals surface area (Å²) in [5.74, 6) is 0.540. The van der Waals surface area contributed by atoms with Crippen LogP contribution in [-0.4, -0.2) is 33.4 Å². The first kappa shape index (κ1) is 14.3. The van der Waals surface area contributed by atoms with Crippen molar-refractivity contribution in [1.29, 1.82) is 0 Å². The molecule has 1 rings (SSSR count). The Kier molecular flexibility index (Phi) is 5.95. The summed E-state index contributed by atoms with van der Waals surface area (Å²) in [6, 6.07) is -0.642. The molecular formula is C9H13ClN6O2. The Labute approximate surface area is 108 Å². The maximum Gasteiger partial charge on any atom is 0.340 e. The van der Waals surface area contributed by atoms with Gasteiger partial charge in [-0.25, -0.2) is 14.8 Å². The number of nitrogens with two attached hydrogens (primary N) is 1. The summed E-state index contributed by atoms with van der Waals surface area (Å²) in [5.41, 5.74) is 6.19. The van der Waals surface area contributed by atoms with Crippen molar-refractivity contribution in [2.24, 2.45) is 11.0 Å². The van der Waals surface area contributed by atoms with Crippen LogP contribution < -0.4 is 11.1 Å². The predicted octanol–water partition coefficient (Wildman–Crippen LogP) is 0.367. The van der Waals surface area contributed by atoms with E-state index in [0.29, 0.717) is 17.4 Å². The second-order valence-corrected chi connectivity index (χ2v) is 3.64. The van der Waals surface area contributed by atoms with Gasteiger partial charge in [0.25, 0.3) is 0 Å². The number of amides is 2. The average molecular weight is 273 g/mol. The van der Waals surface area contributed by atoms with Crippen molar-refractivity contribution >= 4 is 17.6 Å². The lowest BCUT2D eigenvalue weighted by atomic mass is 10.3. The molecule has 8 nitrogen and oxygen atoms in total. The third-order valence-electron chi connectivity index (χ3n) is 2.02. The number of halogens is 1. The van der Waals surface area contributed by atoms with E-state index in [0.717, 1.165) is 5.56 Å². The second kappa shape index (κ2) is 7.51. The summed E-state index contributed by atoms with van der Waals surface area (Å²) < 4.78 is 0. The van der Waals surface area contributed by atoms with Crippen LogP contribution >= 0.6 is 11.6 Å². The maximum atomic E-state index is 11.4. The predicted molar refractivity (Wildman–Crippen MR) is 65.4 cm³/mol. The lowest BCUT2D eigenvalue weighted by Gasteiger charge is -2.12. The summed E-state index contributed by atoms with van der Waals surface area (Å²) >= 11 is 5.41. The molecule has 1 aromatic rings. The summed E-state index contributed by atoms with van der Waals surface area (Å²) in [6.07, 6.45) is 3.14. The minimum Gasteiger partial charge on any atom is -0.329 e. The van der Waals surface area contributed by atoms with Gasteiger partial charge in [0, 0.05) is 30.4 Å². The molecule has 0 fully saturated rings. The van der Waals surface area contributed by atoms with Crippen LogP contribution in [0.3, 0.4) is 0 Å². The third-order valence-corrected chi connectivity index (χ3v) is 2.19. The van der Waals surface area contributed by atoms with Gasteiger partial charge in [0.1, 0.15) is 5.82 Å². The third kappa shape index (κ3) is 4.22. The summed E-state index contributed by atoms with van der Waals surface area (Å²) in [5, 5.41) is 5.69. The average Bonchev–Trinajstić information content (AvgIpc) is 2.42. The molecule has 0 saturated carbocycles.